The van der Waals surface area contributed by atoms with Crippen LogP contribution in [0.25, 0.3) is 0 Å². The summed E-state index contributed by atoms with van der Waals surface area (Å²) in [6, 6.07) is 3.88. The average molecular weight is 237 g/mol. The molecule has 90 valence electrons. The Kier molecular flexibility index (Phi) is 3.52. The highest BCUT2D eigenvalue weighted by molar-refractivity contribution is 5.79. The average Bonchev–Trinajstić information content (AvgIpc) is 2.77. The number of carbonyl (C=O) groups excluding carboxylic acids is 1. The molecule has 0 radical (unpaired) electrons. The topological polar surface area (TPSA) is 29.1 Å². The Labute approximate surface area is 98.3 Å². The predicted octanol–water partition coefficient (Wildman–Crippen LogP) is 2.34. The summed E-state index contributed by atoms with van der Waals surface area (Å²) in [5, 5.41) is 2.76. The molecular formula is C13H13F2NO. The Morgan fingerprint density at radius 1 is 1.41 bits per heavy atom. The minimum absolute atomic E-state index is 0.0270. The Balaban J connectivity index is 1.98. The molecule has 1 aliphatic rings. The Bertz CT molecular complexity index is 457. The summed E-state index contributed by atoms with van der Waals surface area (Å²) in [6.07, 6.45) is 5.60. The van der Waals surface area contributed by atoms with E-state index in [-0.39, 0.29) is 23.9 Å². The summed E-state index contributed by atoms with van der Waals surface area (Å²) in [5.41, 5.74) is 0.0875. The molecule has 4 heteroatoms. The van der Waals surface area contributed by atoms with Gasteiger partial charge >= 0.3 is 0 Å². The van der Waals surface area contributed by atoms with Gasteiger partial charge in [-0.3, -0.25) is 4.79 Å². The number of benzene rings is 1. The summed E-state index contributed by atoms with van der Waals surface area (Å²) >= 11 is 0. The van der Waals surface area contributed by atoms with Crippen molar-refractivity contribution in [3.8, 4) is 0 Å². The smallest absolute Gasteiger partial charge is 0.224 e. The van der Waals surface area contributed by atoms with Crippen LogP contribution in [-0.2, 0) is 11.2 Å². The van der Waals surface area contributed by atoms with Gasteiger partial charge in [-0.2, -0.15) is 0 Å². The van der Waals surface area contributed by atoms with Gasteiger partial charge in [0.1, 0.15) is 0 Å². The van der Waals surface area contributed by atoms with Gasteiger partial charge in [-0.1, -0.05) is 24.3 Å². The van der Waals surface area contributed by atoms with Gasteiger partial charge in [0, 0.05) is 11.6 Å². The van der Waals surface area contributed by atoms with Gasteiger partial charge in [0.2, 0.25) is 5.91 Å². The molecule has 0 heterocycles. The maximum atomic E-state index is 13.3. The van der Waals surface area contributed by atoms with Crippen molar-refractivity contribution in [2.24, 2.45) is 0 Å². The molecule has 1 aromatic rings. The molecule has 0 aromatic heterocycles. The zero-order chi connectivity index (χ0) is 12.3. The van der Waals surface area contributed by atoms with E-state index < -0.39 is 11.6 Å². The van der Waals surface area contributed by atoms with Gasteiger partial charge in [0.15, 0.2) is 11.6 Å². The number of allylic oxidation sites excluding steroid dienone is 1. The van der Waals surface area contributed by atoms with Crippen LogP contribution >= 0.6 is 0 Å². The second kappa shape index (κ2) is 5.08. The number of amides is 1. The molecule has 0 saturated carbocycles. The Hall–Kier alpha value is -1.71. The first-order chi connectivity index (χ1) is 8.16. The molecular weight excluding hydrogens is 224 g/mol. The van der Waals surface area contributed by atoms with Gasteiger partial charge in [0.25, 0.3) is 0 Å². The van der Waals surface area contributed by atoms with E-state index >= 15 is 0 Å². The number of halogens is 2. The molecule has 1 amide bonds. The number of hydrogen-bond donors (Lipinski definition) is 1. The van der Waals surface area contributed by atoms with Crippen molar-refractivity contribution >= 4 is 5.91 Å². The first-order valence-corrected chi connectivity index (χ1v) is 5.56. The zero-order valence-corrected chi connectivity index (χ0v) is 9.25. The molecule has 0 bridgehead atoms. The number of rotatable bonds is 3. The van der Waals surface area contributed by atoms with Crippen LogP contribution in [0.1, 0.15) is 18.4 Å². The molecule has 2 nitrogen and oxygen atoms in total. The summed E-state index contributed by atoms with van der Waals surface area (Å²) in [5.74, 6) is -2.15. The number of nitrogens with one attached hydrogen (secondary N) is 1. The van der Waals surface area contributed by atoms with Gasteiger partial charge in [-0.25, -0.2) is 8.78 Å². The Morgan fingerprint density at radius 2 is 2.24 bits per heavy atom. The fourth-order valence-corrected chi connectivity index (χ4v) is 1.87. The standard InChI is InChI=1S/C13H13F2NO/c14-11-7-3-4-9(13(11)15)8-12(17)16-10-5-1-2-6-10/h1,3-5,7,10H,2,6,8H2,(H,16,17). The summed E-state index contributed by atoms with van der Waals surface area (Å²) in [7, 11) is 0. The van der Waals surface area contributed by atoms with Crippen LogP contribution in [0.15, 0.2) is 30.4 Å². The van der Waals surface area contributed by atoms with E-state index in [1.165, 1.54) is 12.1 Å². The molecule has 0 spiro atoms. The van der Waals surface area contributed by atoms with E-state index in [1.807, 2.05) is 12.2 Å². The van der Waals surface area contributed by atoms with E-state index in [0.29, 0.717) is 0 Å². The lowest BCUT2D eigenvalue weighted by Crippen LogP contribution is -2.33. The van der Waals surface area contributed by atoms with E-state index in [9.17, 15) is 13.6 Å². The second-order valence-corrected chi connectivity index (χ2v) is 4.07. The van der Waals surface area contributed by atoms with Crippen molar-refractivity contribution in [3.05, 3.63) is 47.5 Å². The fourth-order valence-electron chi connectivity index (χ4n) is 1.87. The maximum Gasteiger partial charge on any atom is 0.224 e. The third kappa shape index (κ3) is 2.90. The van der Waals surface area contributed by atoms with Gasteiger partial charge < -0.3 is 5.32 Å². The van der Waals surface area contributed by atoms with Crippen LogP contribution < -0.4 is 5.32 Å². The summed E-state index contributed by atoms with van der Waals surface area (Å²) in [4.78, 5) is 11.6. The Morgan fingerprint density at radius 3 is 2.94 bits per heavy atom. The molecule has 0 aliphatic heterocycles. The van der Waals surface area contributed by atoms with Gasteiger partial charge in [-0.15, -0.1) is 0 Å². The SMILES string of the molecule is O=C(Cc1cccc(F)c1F)NC1C=CCC1. The van der Waals surface area contributed by atoms with E-state index in [1.54, 1.807) is 0 Å². The maximum absolute atomic E-state index is 13.3. The normalized spacial score (nSPS) is 18.4. The lowest BCUT2D eigenvalue weighted by atomic mass is 10.1. The molecule has 1 atom stereocenters. The van der Waals surface area contributed by atoms with Crippen molar-refractivity contribution in [3.63, 3.8) is 0 Å². The first-order valence-electron chi connectivity index (χ1n) is 5.56. The fraction of sp³-hybridized carbons (Fsp3) is 0.308. The van der Waals surface area contributed by atoms with Crippen molar-refractivity contribution in [1.82, 2.24) is 5.32 Å². The minimum atomic E-state index is -0.940. The number of hydrogen-bond acceptors (Lipinski definition) is 1. The molecule has 1 aromatic carbocycles. The summed E-state index contributed by atoms with van der Waals surface area (Å²) in [6.45, 7) is 0. The minimum Gasteiger partial charge on any atom is -0.350 e. The van der Waals surface area contributed by atoms with Gasteiger partial charge in [-0.05, 0) is 18.9 Å². The highest BCUT2D eigenvalue weighted by Crippen LogP contribution is 2.13. The number of carbonyl (C=O) groups is 1. The molecule has 17 heavy (non-hydrogen) atoms. The molecule has 2 rings (SSSR count). The van der Waals surface area contributed by atoms with E-state index in [4.69, 9.17) is 0 Å². The molecule has 1 N–H and O–H groups in total. The van der Waals surface area contributed by atoms with Crippen LogP contribution in [0.3, 0.4) is 0 Å². The molecule has 1 unspecified atom stereocenters. The van der Waals surface area contributed by atoms with Crippen molar-refractivity contribution < 1.29 is 13.6 Å². The van der Waals surface area contributed by atoms with Gasteiger partial charge in [0.05, 0.1) is 6.42 Å². The molecule has 0 fully saturated rings. The highest BCUT2D eigenvalue weighted by atomic mass is 19.2. The molecule has 0 saturated heterocycles. The van der Waals surface area contributed by atoms with E-state index in [2.05, 4.69) is 5.32 Å². The van der Waals surface area contributed by atoms with Crippen LogP contribution in [0.2, 0.25) is 0 Å². The summed E-state index contributed by atoms with van der Waals surface area (Å²) < 4.78 is 26.2. The third-order valence-electron chi connectivity index (χ3n) is 2.74. The third-order valence-corrected chi connectivity index (χ3v) is 2.74. The lowest BCUT2D eigenvalue weighted by Gasteiger charge is -2.11. The van der Waals surface area contributed by atoms with Crippen molar-refractivity contribution in [2.45, 2.75) is 25.3 Å². The molecule has 1 aliphatic carbocycles. The van der Waals surface area contributed by atoms with E-state index in [0.717, 1.165) is 18.9 Å². The van der Waals surface area contributed by atoms with Crippen LogP contribution in [0.5, 0.6) is 0 Å². The quantitative estimate of drug-likeness (QED) is 0.803. The second-order valence-electron chi connectivity index (χ2n) is 4.07. The predicted molar refractivity (Wildman–Crippen MR) is 60.4 cm³/mol. The van der Waals surface area contributed by atoms with Crippen LogP contribution in [-0.4, -0.2) is 11.9 Å². The zero-order valence-electron chi connectivity index (χ0n) is 9.25. The van der Waals surface area contributed by atoms with Crippen molar-refractivity contribution in [1.29, 1.82) is 0 Å². The monoisotopic (exact) mass is 237 g/mol. The largest absolute Gasteiger partial charge is 0.350 e. The van der Waals surface area contributed by atoms with Crippen molar-refractivity contribution in [2.75, 3.05) is 0 Å². The van der Waals surface area contributed by atoms with Crippen LogP contribution in [0, 0.1) is 11.6 Å². The lowest BCUT2D eigenvalue weighted by molar-refractivity contribution is -0.120. The van der Waals surface area contributed by atoms with Crippen LogP contribution in [0.4, 0.5) is 8.78 Å². The highest BCUT2D eigenvalue weighted by Gasteiger charge is 2.15. The first kappa shape index (κ1) is 11.8.